The lowest BCUT2D eigenvalue weighted by Gasteiger charge is -2.19. The van der Waals surface area contributed by atoms with E-state index in [1.807, 2.05) is 30.3 Å². The fourth-order valence-corrected chi connectivity index (χ4v) is 3.97. The summed E-state index contributed by atoms with van der Waals surface area (Å²) in [5.74, 6) is -0.00377. The molecule has 2 unspecified atom stereocenters. The number of aromatic nitrogens is 2. The summed E-state index contributed by atoms with van der Waals surface area (Å²) in [6.07, 6.45) is 3.11. The standard InChI is InChI=1S/C29H35N5O9/c1-29(2,3)43-27(36)30-13-9-8-12-19(34-28(37)42-14-18-10-6-5-7-11-18)23-31-20(15-39-23)24-32-21(16-40-24)25-33-22(17-41-25)26(35)38-4/h5-7,10-11,15,17,19,21H,8-9,12-14,16H2,1-4H3,(H,30,36)(H,34,37). The smallest absolute Gasteiger partial charge is 0.408 e. The highest BCUT2D eigenvalue weighted by atomic mass is 16.6. The molecule has 230 valence electrons. The molecule has 2 atom stereocenters. The summed E-state index contributed by atoms with van der Waals surface area (Å²) in [6, 6.07) is 8.08. The predicted molar refractivity (Wildman–Crippen MR) is 150 cm³/mol. The van der Waals surface area contributed by atoms with Gasteiger partial charge in [0.25, 0.3) is 0 Å². The molecule has 2 N–H and O–H groups in total. The van der Waals surface area contributed by atoms with Crippen LogP contribution in [0.5, 0.6) is 0 Å². The lowest BCUT2D eigenvalue weighted by molar-refractivity contribution is 0.0525. The minimum absolute atomic E-state index is 0.0271. The second-order valence-electron chi connectivity index (χ2n) is 10.6. The quantitative estimate of drug-likeness (QED) is 0.169. The predicted octanol–water partition coefficient (Wildman–Crippen LogP) is 4.63. The topological polar surface area (TPSA) is 177 Å². The van der Waals surface area contributed by atoms with E-state index in [0.29, 0.717) is 31.5 Å². The van der Waals surface area contributed by atoms with Gasteiger partial charge in [0, 0.05) is 6.54 Å². The molecule has 2 amide bonds. The molecule has 0 bridgehead atoms. The number of carbonyl (C=O) groups is 3. The molecule has 14 nitrogen and oxygen atoms in total. The third-order valence-electron chi connectivity index (χ3n) is 5.98. The Morgan fingerprint density at radius 2 is 1.84 bits per heavy atom. The van der Waals surface area contributed by atoms with E-state index in [1.54, 1.807) is 20.8 Å². The second kappa shape index (κ2) is 14.3. The first-order chi connectivity index (χ1) is 20.6. The molecule has 3 aromatic rings. The normalized spacial score (nSPS) is 15.2. The number of nitrogens with one attached hydrogen (secondary N) is 2. The average Bonchev–Trinajstić information content (AvgIpc) is 3.75. The summed E-state index contributed by atoms with van der Waals surface area (Å²) in [5.41, 5.74) is 0.597. The van der Waals surface area contributed by atoms with Gasteiger partial charge in [0.05, 0.1) is 7.11 Å². The van der Waals surface area contributed by atoms with Crippen LogP contribution < -0.4 is 10.6 Å². The van der Waals surface area contributed by atoms with Gasteiger partial charge in [-0.15, -0.1) is 0 Å². The molecule has 1 aliphatic heterocycles. The Balaban J connectivity index is 1.38. The van der Waals surface area contributed by atoms with E-state index >= 15 is 0 Å². The third kappa shape index (κ3) is 9.31. The van der Waals surface area contributed by atoms with Crippen molar-refractivity contribution in [1.29, 1.82) is 0 Å². The minimum Gasteiger partial charge on any atom is -0.473 e. The van der Waals surface area contributed by atoms with Gasteiger partial charge in [-0.05, 0) is 45.6 Å². The Hall–Kier alpha value is -4.88. The van der Waals surface area contributed by atoms with Crippen molar-refractivity contribution in [3.63, 3.8) is 0 Å². The van der Waals surface area contributed by atoms with Crippen LogP contribution in [-0.2, 0) is 25.6 Å². The first-order valence-corrected chi connectivity index (χ1v) is 13.8. The van der Waals surface area contributed by atoms with E-state index < -0.39 is 35.8 Å². The van der Waals surface area contributed by atoms with Crippen LogP contribution in [0.4, 0.5) is 9.59 Å². The molecule has 0 fully saturated rings. The van der Waals surface area contributed by atoms with Crippen molar-refractivity contribution in [2.45, 2.75) is 64.3 Å². The van der Waals surface area contributed by atoms with Crippen LogP contribution in [0.15, 0.2) is 56.7 Å². The zero-order valence-corrected chi connectivity index (χ0v) is 24.5. The van der Waals surface area contributed by atoms with E-state index in [1.165, 1.54) is 19.6 Å². The van der Waals surface area contributed by atoms with Gasteiger partial charge in [0.15, 0.2) is 17.4 Å². The first-order valence-electron chi connectivity index (χ1n) is 13.8. The van der Waals surface area contributed by atoms with Crippen molar-refractivity contribution < 1.29 is 42.2 Å². The van der Waals surface area contributed by atoms with Crippen LogP contribution in [0.25, 0.3) is 0 Å². The number of nitrogens with zero attached hydrogens (tertiary/aromatic N) is 3. The molecule has 1 aromatic carbocycles. The number of amides is 2. The van der Waals surface area contributed by atoms with Gasteiger partial charge in [-0.25, -0.2) is 29.3 Å². The Morgan fingerprint density at radius 3 is 2.58 bits per heavy atom. The zero-order chi connectivity index (χ0) is 30.8. The van der Waals surface area contributed by atoms with Crippen molar-refractivity contribution in [2.75, 3.05) is 20.3 Å². The van der Waals surface area contributed by atoms with E-state index in [4.69, 9.17) is 23.0 Å². The first kappa shape index (κ1) is 31.1. The molecule has 0 saturated carbocycles. The van der Waals surface area contributed by atoms with Gasteiger partial charge >= 0.3 is 18.2 Å². The van der Waals surface area contributed by atoms with Crippen molar-refractivity contribution in [3.05, 3.63) is 71.6 Å². The molecule has 0 aliphatic carbocycles. The zero-order valence-electron chi connectivity index (χ0n) is 24.5. The number of benzene rings is 1. The fourth-order valence-electron chi connectivity index (χ4n) is 3.97. The van der Waals surface area contributed by atoms with Crippen molar-refractivity contribution in [1.82, 2.24) is 20.6 Å². The maximum Gasteiger partial charge on any atom is 0.408 e. The van der Waals surface area contributed by atoms with E-state index in [-0.39, 0.29) is 36.6 Å². The minimum atomic E-state index is -0.639. The van der Waals surface area contributed by atoms with Crippen LogP contribution in [0.3, 0.4) is 0 Å². The molecule has 3 heterocycles. The number of unbranched alkanes of at least 4 members (excludes halogenated alkanes) is 1. The summed E-state index contributed by atoms with van der Waals surface area (Å²) in [6.45, 7) is 5.99. The Morgan fingerprint density at radius 1 is 1.05 bits per heavy atom. The van der Waals surface area contributed by atoms with Crippen LogP contribution in [0, 0.1) is 0 Å². The largest absolute Gasteiger partial charge is 0.473 e. The lowest BCUT2D eigenvalue weighted by atomic mass is 10.1. The van der Waals surface area contributed by atoms with E-state index in [0.717, 1.165) is 5.56 Å². The van der Waals surface area contributed by atoms with Crippen molar-refractivity contribution >= 4 is 24.1 Å². The highest BCUT2D eigenvalue weighted by Crippen LogP contribution is 2.26. The number of oxazole rings is 2. The number of hydrogen-bond donors (Lipinski definition) is 2. The maximum absolute atomic E-state index is 12.7. The lowest BCUT2D eigenvalue weighted by Crippen LogP contribution is -2.33. The van der Waals surface area contributed by atoms with Crippen LogP contribution in [0.1, 0.15) is 85.6 Å². The number of methoxy groups -OCH3 is 1. The molecule has 0 saturated heterocycles. The molecule has 14 heteroatoms. The Bertz CT molecular complexity index is 1410. The van der Waals surface area contributed by atoms with Gasteiger partial charge in [0.2, 0.25) is 17.7 Å². The molecule has 0 spiro atoms. The highest BCUT2D eigenvalue weighted by molar-refractivity contribution is 5.93. The summed E-state index contributed by atoms with van der Waals surface area (Å²) < 4.78 is 32.0. The van der Waals surface area contributed by atoms with Crippen LogP contribution in [-0.4, -0.2) is 59.9 Å². The SMILES string of the molecule is COC(=O)c1coc(C2COC(c3coc(C(CCCCNC(=O)OC(C)(C)C)NC(=O)OCc4ccccc4)n3)=N2)n1. The summed E-state index contributed by atoms with van der Waals surface area (Å²) >= 11 is 0. The molecule has 2 aromatic heterocycles. The molecular formula is C29H35N5O9. The van der Waals surface area contributed by atoms with Crippen LogP contribution >= 0.6 is 0 Å². The van der Waals surface area contributed by atoms with Gasteiger partial charge < -0.3 is 38.4 Å². The number of ether oxygens (including phenoxy) is 4. The molecule has 0 radical (unpaired) electrons. The molecule has 4 rings (SSSR count). The Kier molecular flexibility index (Phi) is 10.4. The van der Waals surface area contributed by atoms with Gasteiger partial charge in [-0.3, -0.25) is 0 Å². The number of esters is 1. The monoisotopic (exact) mass is 597 g/mol. The molecular weight excluding hydrogens is 562 g/mol. The fraction of sp³-hybridized carbons (Fsp3) is 0.448. The molecule has 1 aliphatic rings. The second-order valence-corrected chi connectivity index (χ2v) is 10.6. The number of rotatable bonds is 12. The van der Waals surface area contributed by atoms with E-state index in [2.05, 4.69) is 30.3 Å². The summed E-state index contributed by atoms with van der Waals surface area (Å²) in [7, 11) is 1.25. The van der Waals surface area contributed by atoms with Crippen molar-refractivity contribution in [2.24, 2.45) is 4.99 Å². The number of carbonyl (C=O) groups excluding carboxylic acids is 3. The van der Waals surface area contributed by atoms with Gasteiger partial charge in [-0.2, -0.15) is 0 Å². The van der Waals surface area contributed by atoms with Gasteiger partial charge in [-0.1, -0.05) is 30.3 Å². The third-order valence-corrected chi connectivity index (χ3v) is 5.98. The van der Waals surface area contributed by atoms with Crippen LogP contribution in [0.2, 0.25) is 0 Å². The highest BCUT2D eigenvalue weighted by Gasteiger charge is 2.30. The summed E-state index contributed by atoms with van der Waals surface area (Å²) in [5, 5.41) is 5.53. The number of alkyl carbamates (subject to hydrolysis) is 2. The maximum atomic E-state index is 12.7. The molecule has 43 heavy (non-hydrogen) atoms. The number of hydrogen-bond acceptors (Lipinski definition) is 12. The van der Waals surface area contributed by atoms with Gasteiger partial charge in [0.1, 0.15) is 37.4 Å². The van der Waals surface area contributed by atoms with Crippen molar-refractivity contribution in [3.8, 4) is 0 Å². The summed E-state index contributed by atoms with van der Waals surface area (Å²) in [4.78, 5) is 49.3. The number of aliphatic imine (C=N–C) groups is 1. The average molecular weight is 598 g/mol. The Labute approximate surface area is 248 Å². The van der Waals surface area contributed by atoms with E-state index in [9.17, 15) is 14.4 Å².